The molecule has 2 saturated carbocycles. The van der Waals surface area contributed by atoms with Crippen molar-refractivity contribution in [3.05, 3.63) is 83.9 Å². The molecule has 2 saturated heterocycles. The number of amides is 4. The molecule has 8 rings (SSSR count). The molecule has 0 unspecified atom stereocenters. The number of imide groups is 2. The smallest absolute Gasteiger partial charge is 0.234 e. The van der Waals surface area contributed by atoms with E-state index in [1.807, 2.05) is 60.7 Å². The van der Waals surface area contributed by atoms with E-state index in [1.165, 1.54) is 9.80 Å². The maximum absolute atomic E-state index is 13.5. The second-order valence-electron chi connectivity index (χ2n) is 10.3. The number of carbonyl (C=O) groups is 4. The molecule has 170 valence electrons. The molecule has 4 aliphatic carbocycles. The van der Waals surface area contributed by atoms with Crippen LogP contribution < -0.4 is 0 Å². The van der Waals surface area contributed by atoms with Gasteiger partial charge in [-0.3, -0.25) is 29.0 Å². The van der Waals surface area contributed by atoms with E-state index in [2.05, 4.69) is 12.2 Å². The summed E-state index contributed by atoms with van der Waals surface area (Å²) in [6, 6.07) is 19.1. The molecule has 6 nitrogen and oxygen atoms in total. The molecule has 4 fully saturated rings. The van der Waals surface area contributed by atoms with Crippen LogP contribution in [0.25, 0.3) is 0 Å². The summed E-state index contributed by atoms with van der Waals surface area (Å²) in [4.78, 5) is 56.5. The summed E-state index contributed by atoms with van der Waals surface area (Å²) in [5.74, 6) is -2.45. The van der Waals surface area contributed by atoms with E-state index in [4.69, 9.17) is 0 Å². The molecular formula is C28H24N2O4. The van der Waals surface area contributed by atoms with Crippen LogP contribution in [0.1, 0.15) is 11.1 Å². The third kappa shape index (κ3) is 2.46. The van der Waals surface area contributed by atoms with Crippen molar-refractivity contribution in [3.8, 4) is 0 Å². The minimum Gasteiger partial charge on any atom is -0.278 e. The van der Waals surface area contributed by atoms with Crippen molar-refractivity contribution in [1.82, 2.24) is 9.80 Å². The minimum atomic E-state index is -0.417. The predicted molar refractivity (Wildman–Crippen MR) is 121 cm³/mol. The first-order valence-electron chi connectivity index (χ1n) is 12.0. The Balaban J connectivity index is 1.18. The van der Waals surface area contributed by atoms with Crippen molar-refractivity contribution in [3.63, 3.8) is 0 Å². The first kappa shape index (κ1) is 19.9. The summed E-state index contributed by atoms with van der Waals surface area (Å²) in [6.07, 6.45) is 4.11. The molecule has 2 aromatic rings. The monoisotopic (exact) mass is 452 g/mol. The van der Waals surface area contributed by atoms with Gasteiger partial charge in [-0.1, -0.05) is 72.8 Å². The Morgan fingerprint density at radius 2 is 0.853 bits per heavy atom. The molecular weight excluding hydrogens is 428 g/mol. The molecule has 6 aliphatic rings. The lowest BCUT2D eigenvalue weighted by atomic mass is 9.40. The maximum atomic E-state index is 13.5. The fourth-order valence-electron chi connectivity index (χ4n) is 7.57. The lowest BCUT2D eigenvalue weighted by Crippen LogP contribution is -2.63. The topological polar surface area (TPSA) is 74.8 Å². The van der Waals surface area contributed by atoms with E-state index in [0.29, 0.717) is 0 Å². The van der Waals surface area contributed by atoms with Crippen molar-refractivity contribution in [2.24, 2.45) is 47.3 Å². The average molecular weight is 453 g/mol. The van der Waals surface area contributed by atoms with Crippen LogP contribution in [0.5, 0.6) is 0 Å². The van der Waals surface area contributed by atoms with Crippen molar-refractivity contribution in [2.75, 3.05) is 0 Å². The van der Waals surface area contributed by atoms with Crippen LogP contribution in [0.3, 0.4) is 0 Å². The summed E-state index contributed by atoms with van der Waals surface area (Å²) >= 11 is 0. The van der Waals surface area contributed by atoms with Gasteiger partial charge in [0.25, 0.3) is 0 Å². The van der Waals surface area contributed by atoms with Gasteiger partial charge >= 0.3 is 0 Å². The van der Waals surface area contributed by atoms with E-state index in [1.54, 1.807) is 0 Å². The van der Waals surface area contributed by atoms with Gasteiger partial charge in [-0.2, -0.15) is 0 Å². The lowest BCUT2D eigenvalue weighted by Gasteiger charge is -2.60. The summed E-state index contributed by atoms with van der Waals surface area (Å²) in [5, 5.41) is 0. The van der Waals surface area contributed by atoms with Crippen LogP contribution in [0.2, 0.25) is 0 Å². The molecule has 8 atom stereocenters. The molecule has 0 spiro atoms. The van der Waals surface area contributed by atoms with Crippen LogP contribution in [0.15, 0.2) is 72.8 Å². The number of fused-ring (bicyclic) bond motifs is 1. The molecule has 6 heteroatoms. The highest BCUT2D eigenvalue weighted by Gasteiger charge is 2.74. The highest BCUT2D eigenvalue weighted by molar-refractivity contribution is 6.09. The van der Waals surface area contributed by atoms with Gasteiger partial charge < -0.3 is 0 Å². The second kappa shape index (κ2) is 6.98. The number of hydrogen-bond acceptors (Lipinski definition) is 4. The highest BCUT2D eigenvalue weighted by Crippen LogP contribution is 2.68. The summed E-state index contributed by atoms with van der Waals surface area (Å²) in [6.45, 7) is 0.555. The van der Waals surface area contributed by atoms with Gasteiger partial charge in [-0.15, -0.1) is 0 Å². The third-order valence-electron chi connectivity index (χ3n) is 8.89. The zero-order chi connectivity index (χ0) is 23.1. The first-order chi connectivity index (χ1) is 16.6. The summed E-state index contributed by atoms with van der Waals surface area (Å²) in [5.41, 5.74) is 1.85. The fourth-order valence-corrected chi connectivity index (χ4v) is 7.57. The minimum absolute atomic E-state index is 0.0353. The van der Waals surface area contributed by atoms with Gasteiger partial charge in [0.2, 0.25) is 23.6 Å². The number of allylic oxidation sites excluding steroid dienone is 2. The normalized spacial score (nSPS) is 37.1. The van der Waals surface area contributed by atoms with Gasteiger partial charge in [0.15, 0.2) is 0 Å². The second-order valence-corrected chi connectivity index (χ2v) is 10.3. The number of hydrogen-bond donors (Lipinski definition) is 0. The lowest BCUT2D eigenvalue weighted by molar-refractivity contribution is -0.166. The van der Waals surface area contributed by atoms with E-state index in [9.17, 15) is 19.2 Å². The molecule has 34 heavy (non-hydrogen) atoms. The van der Waals surface area contributed by atoms with Crippen LogP contribution >= 0.6 is 0 Å². The molecule has 2 aliphatic heterocycles. The van der Waals surface area contributed by atoms with E-state index >= 15 is 0 Å². The summed E-state index contributed by atoms with van der Waals surface area (Å²) in [7, 11) is 0. The van der Waals surface area contributed by atoms with Gasteiger partial charge in [-0.05, 0) is 34.8 Å². The Morgan fingerprint density at radius 3 is 1.24 bits per heavy atom. The SMILES string of the molecule is O=C1[C@@H]2[C@H]3C=C[C@H]([C@@H]2C(=O)N1Cc1ccccc1)[C@@H]1[C@H]2C(=O)N(Cc4ccccc4)C(=O)[C@@H]2[C@@H]31. The zero-order valence-electron chi connectivity index (χ0n) is 18.5. The van der Waals surface area contributed by atoms with Gasteiger partial charge in [-0.25, -0.2) is 0 Å². The summed E-state index contributed by atoms with van der Waals surface area (Å²) < 4.78 is 0. The van der Waals surface area contributed by atoms with Crippen molar-refractivity contribution < 1.29 is 19.2 Å². The van der Waals surface area contributed by atoms with Crippen LogP contribution in [0, 0.1) is 47.3 Å². The van der Waals surface area contributed by atoms with E-state index < -0.39 is 11.8 Å². The molecule has 2 heterocycles. The maximum Gasteiger partial charge on any atom is 0.234 e. The number of benzene rings is 2. The molecule has 0 aromatic heterocycles. The van der Waals surface area contributed by atoms with Crippen LogP contribution in [-0.2, 0) is 32.3 Å². The Labute approximate surface area is 197 Å². The zero-order valence-corrected chi connectivity index (χ0v) is 18.5. The molecule has 0 N–H and O–H groups in total. The van der Waals surface area contributed by atoms with Gasteiger partial charge in [0.05, 0.1) is 36.8 Å². The molecule has 2 bridgehead atoms. The van der Waals surface area contributed by atoms with Gasteiger partial charge in [0.1, 0.15) is 0 Å². The molecule has 4 amide bonds. The van der Waals surface area contributed by atoms with Crippen LogP contribution in [-0.4, -0.2) is 33.4 Å². The van der Waals surface area contributed by atoms with Crippen molar-refractivity contribution in [1.29, 1.82) is 0 Å². The van der Waals surface area contributed by atoms with Crippen LogP contribution in [0.4, 0.5) is 0 Å². The Bertz CT molecular complexity index is 1200. The first-order valence-corrected chi connectivity index (χ1v) is 12.0. The van der Waals surface area contributed by atoms with E-state index in [0.717, 1.165) is 11.1 Å². The largest absolute Gasteiger partial charge is 0.278 e. The van der Waals surface area contributed by atoms with E-state index in [-0.39, 0.29) is 72.2 Å². The Kier molecular flexibility index (Phi) is 4.08. The number of likely N-dealkylation sites (tertiary alicyclic amines) is 2. The number of carbonyl (C=O) groups excluding carboxylic acids is 4. The average Bonchev–Trinajstić information content (AvgIpc) is 3.21. The Hall–Kier alpha value is -3.54. The fraction of sp³-hybridized carbons (Fsp3) is 0.357. The van der Waals surface area contributed by atoms with Gasteiger partial charge in [0, 0.05) is 0 Å². The van der Waals surface area contributed by atoms with Crippen molar-refractivity contribution >= 4 is 23.6 Å². The molecule has 0 radical (unpaired) electrons. The number of nitrogens with zero attached hydrogens (tertiary/aromatic N) is 2. The Morgan fingerprint density at radius 1 is 0.500 bits per heavy atom. The number of rotatable bonds is 4. The van der Waals surface area contributed by atoms with Crippen molar-refractivity contribution in [2.45, 2.75) is 13.1 Å². The quantitative estimate of drug-likeness (QED) is 0.528. The molecule has 2 aromatic carbocycles. The highest BCUT2D eigenvalue weighted by atomic mass is 16.2. The third-order valence-corrected chi connectivity index (χ3v) is 8.89. The predicted octanol–water partition coefficient (Wildman–Crippen LogP) is 2.65. The standard InChI is InChI=1S/C28H24N2O4/c31-25-21-17-11-12-18(22(21)26(32)29(25)13-15-7-3-1-4-8-15)20-19(17)23-24(20)28(34)30(27(23)33)14-16-9-5-2-6-10-16/h1-12,17-24H,13-14H2/t17-,18-,19-,20-,21-,22+,23+,24+/m0/s1.